The van der Waals surface area contributed by atoms with E-state index in [0.717, 1.165) is 16.0 Å². The van der Waals surface area contributed by atoms with Gasteiger partial charge < -0.3 is 15.3 Å². The molecule has 0 saturated carbocycles. The summed E-state index contributed by atoms with van der Waals surface area (Å²) in [6.45, 7) is 2.81. The van der Waals surface area contributed by atoms with Gasteiger partial charge in [0.15, 0.2) is 0 Å². The highest BCUT2D eigenvalue weighted by Gasteiger charge is 2.53. The van der Waals surface area contributed by atoms with Gasteiger partial charge in [-0.3, -0.25) is 4.79 Å². The third kappa shape index (κ3) is 4.74. The zero-order chi connectivity index (χ0) is 18.6. The molecule has 1 aromatic rings. The van der Waals surface area contributed by atoms with E-state index in [9.17, 15) is 22.8 Å². The van der Waals surface area contributed by atoms with Crippen molar-refractivity contribution in [1.82, 2.24) is 10.2 Å². The SMILES string of the molecule is C=Cc1ccc(CCNC(=O)N2C[C@@H](C(F)(F)F)[C@H](C(=O)O)C2)cc1. The number of carbonyl (C=O) groups is 2. The molecule has 0 aliphatic carbocycles. The van der Waals surface area contributed by atoms with Crippen LogP contribution in [0, 0.1) is 11.8 Å². The van der Waals surface area contributed by atoms with Crippen molar-refractivity contribution in [1.29, 1.82) is 0 Å². The molecule has 1 fully saturated rings. The summed E-state index contributed by atoms with van der Waals surface area (Å²) in [7, 11) is 0. The van der Waals surface area contributed by atoms with E-state index in [2.05, 4.69) is 11.9 Å². The largest absolute Gasteiger partial charge is 0.481 e. The first-order valence-electron chi connectivity index (χ1n) is 7.76. The molecule has 2 N–H and O–H groups in total. The van der Waals surface area contributed by atoms with Gasteiger partial charge in [0.1, 0.15) is 0 Å². The second-order valence-corrected chi connectivity index (χ2v) is 5.93. The first-order chi connectivity index (χ1) is 11.7. The van der Waals surface area contributed by atoms with Crippen molar-refractivity contribution in [2.75, 3.05) is 19.6 Å². The van der Waals surface area contributed by atoms with Crippen LogP contribution in [0.4, 0.5) is 18.0 Å². The van der Waals surface area contributed by atoms with Gasteiger partial charge in [0, 0.05) is 19.6 Å². The van der Waals surface area contributed by atoms with Crippen molar-refractivity contribution >= 4 is 18.1 Å². The number of nitrogens with one attached hydrogen (secondary N) is 1. The summed E-state index contributed by atoms with van der Waals surface area (Å²) in [5, 5.41) is 11.5. The predicted octanol–water partition coefficient (Wildman–Crippen LogP) is 2.78. The van der Waals surface area contributed by atoms with Gasteiger partial charge in [-0.25, -0.2) is 4.79 Å². The first-order valence-corrected chi connectivity index (χ1v) is 7.76. The van der Waals surface area contributed by atoms with Crippen molar-refractivity contribution in [3.05, 3.63) is 42.0 Å². The Kier molecular flexibility index (Phi) is 5.71. The summed E-state index contributed by atoms with van der Waals surface area (Å²) in [4.78, 5) is 23.9. The Balaban J connectivity index is 1.88. The minimum Gasteiger partial charge on any atom is -0.481 e. The molecule has 0 unspecified atom stereocenters. The number of carboxylic acid groups (broad SMARTS) is 1. The summed E-state index contributed by atoms with van der Waals surface area (Å²) in [6, 6.07) is 6.81. The lowest BCUT2D eigenvalue weighted by Crippen LogP contribution is -2.40. The van der Waals surface area contributed by atoms with E-state index in [1.165, 1.54) is 0 Å². The van der Waals surface area contributed by atoms with Crippen LogP contribution in [0.3, 0.4) is 0 Å². The van der Waals surface area contributed by atoms with E-state index in [1.807, 2.05) is 24.3 Å². The summed E-state index contributed by atoms with van der Waals surface area (Å²) in [5.41, 5.74) is 1.92. The molecule has 0 spiro atoms. The second kappa shape index (κ2) is 7.58. The van der Waals surface area contributed by atoms with Crippen LogP contribution in [0.5, 0.6) is 0 Å². The van der Waals surface area contributed by atoms with Gasteiger partial charge in [0.25, 0.3) is 0 Å². The molecule has 1 heterocycles. The lowest BCUT2D eigenvalue weighted by atomic mass is 9.96. The number of benzene rings is 1. The van der Waals surface area contributed by atoms with Crippen LogP contribution in [0.15, 0.2) is 30.8 Å². The molecule has 5 nitrogen and oxygen atoms in total. The molecule has 8 heteroatoms. The molecule has 2 atom stereocenters. The third-order valence-electron chi connectivity index (χ3n) is 4.25. The minimum absolute atomic E-state index is 0.247. The molecule has 1 saturated heterocycles. The van der Waals surface area contributed by atoms with Gasteiger partial charge in [-0.2, -0.15) is 13.2 Å². The Hall–Kier alpha value is -2.51. The molecule has 2 amide bonds. The number of aliphatic carboxylic acids is 1. The molecule has 25 heavy (non-hydrogen) atoms. The summed E-state index contributed by atoms with van der Waals surface area (Å²) < 4.78 is 38.7. The van der Waals surface area contributed by atoms with Gasteiger partial charge in [0.2, 0.25) is 0 Å². The molecule has 1 aromatic carbocycles. The van der Waals surface area contributed by atoms with Crippen LogP contribution in [0.1, 0.15) is 11.1 Å². The van der Waals surface area contributed by atoms with Gasteiger partial charge in [-0.05, 0) is 17.5 Å². The number of alkyl halides is 3. The number of urea groups is 1. The highest BCUT2D eigenvalue weighted by atomic mass is 19.4. The predicted molar refractivity (Wildman–Crippen MR) is 85.9 cm³/mol. The van der Waals surface area contributed by atoms with Gasteiger partial charge in [-0.15, -0.1) is 0 Å². The van der Waals surface area contributed by atoms with E-state index in [1.54, 1.807) is 6.08 Å². The molecule has 0 radical (unpaired) electrons. The van der Waals surface area contributed by atoms with Crippen LogP contribution in [0.25, 0.3) is 6.08 Å². The van der Waals surface area contributed by atoms with Crippen molar-refractivity contribution in [3.8, 4) is 0 Å². The van der Waals surface area contributed by atoms with E-state index in [0.29, 0.717) is 6.42 Å². The lowest BCUT2D eigenvalue weighted by molar-refractivity contribution is -0.187. The highest BCUT2D eigenvalue weighted by molar-refractivity contribution is 5.77. The number of likely N-dealkylation sites (tertiary alicyclic amines) is 1. The quantitative estimate of drug-likeness (QED) is 0.852. The molecule has 1 aliphatic heterocycles. The maximum atomic E-state index is 12.9. The molecular weight excluding hydrogens is 337 g/mol. The second-order valence-electron chi connectivity index (χ2n) is 5.93. The zero-order valence-corrected chi connectivity index (χ0v) is 13.4. The van der Waals surface area contributed by atoms with Gasteiger partial charge >= 0.3 is 18.2 Å². The fourth-order valence-corrected chi connectivity index (χ4v) is 2.80. The number of rotatable bonds is 5. The van der Waals surface area contributed by atoms with Crippen LogP contribution in [-0.2, 0) is 11.2 Å². The lowest BCUT2D eigenvalue weighted by Gasteiger charge is -2.18. The van der Waals surface area contributed by atoms with E-state index in [4.69, 9.17) is 5.11 Å². The maximum Gasteiger partial charge on any atom is 0.394 e. The Morgan fingerprint density at radius 3 is 2.40 bits per heavy atom. The van der Waals surface area contributed by atoms with Crippen LogP contribution < -0.4 is 5.32 Å². The van der Waals surface area contributed by atoms with Crippen molar-refractivity contribution < 1.29 is 27.9 Å². The summed E-state index contributed by atoms with van der Waals surface area (Å²) >= 11 is 0. The summed E-state index contributed by atoms with van der Waals surface area (Å²) in [6.07, 6.45) is -2.43. The fourth-order valence-electron chi connectivity index (χ4n) is 2.80. The number of hydrogen-bond donors (Lipinski definition) is 2. The first kappa shape index (κ1) is 18.8. The van der Waals surface area contributed by atoms with Crippen molar-refractivity contribution in [3.63, 3.8) is 0 Å². The van der Waals surface area contributed by atoms with E-state index in [-0.39, 0.29) is 6.54 Å². The normalized spacial score (nSPS) is 20.4. The Morgan fingerprint density at radius 2 is 1.92 bits per heavy atom. The number of hydrogen-bond acceptors (Lipinski definition) is 2. The third-order valence-corrected chi connectivity index (χ3v) is 4.25. The van der Waals surface area contributed by atoms with E-state index >= 15 is 0 Å². The Morgan fingerprint density at radius 1 is 1.28 bits per heavy atom. The van der Waals surface area contributed by atoms with Crippen LogP contribution in [0.2, 0.25) is 0 Å². The molecule has 2 rings (SSSR count). The number of halogens is 3. The van der Waals surface area contributed by atoms with Crippen LogP contribution >= 0.6 is 0 Å². The smallest absolute Gasteiger partial charge is 0.394 e. The zero-order valence-electron chi connectivity index (χ0n) is 13.4. The highest BCUT2D eigenvalue weighted by Crippen LogP contribution is 2.37. The fraction of sp³-hybridized carbons (Fsp3) is 0.412. The molecule has 0 bridgehead atoms. The number of nitrogens with zero attached hydrogens (tertiary/aromatic N) is 1. The number of amides is 2. The topological polar surface area (TPSA) is 69.6 Å². The average molecular weight is 356 g/mol. The summed E-state index contributed by atoms with van der Waals surface area (Å²) in [5.74, 6) is -5.21. The number of carboxylic acids is 1. The maximum absolute atomic E-state index is 12.9. The monoisotopic (exact) mass is 356 g/mol. The van der Waals surface area contributed by atoms with E-state index < -0.39 is 43.1 Å². The van der Waals surface area contributed by atoms with Crippen molar-refractivity contribution in [2.24, 2.45) is 11.8 Å². The standard InChI is InChI=1S/C17H19F3N2O3/c1-2-11-3-5-12(6-4-11)7-8-21-16(25)22-9-13(15(23)24)14(10-22)17(18,19)20/h2-6,13-14H,1,7-10H2,(H,21,25)(H,23,24)/t13-,14-/m1/s1. The molecule has 0 aromatic heterocycles. The van der Waals surface area contributed by atoms with Crippen molar-refractivity contribution in [2.45, 2.75) is 12.6 Å². The Labute approximate surface area is 143 Å². The molecule has 1 aliphatic rings. The van der Waals surface area contributed by atoms with Gasteiger partial charge in [-0.1, -0.05) is 36.9 Å². The van der Waals surface area contributed by atoms with Gasteiger partial charge in [0.05, 0.1) is 11.8 Å². The minimum atomic E-state index is -4.65. The van der Waals surface area contributed by atoms with Crippen LogP contribution in [-0.4, -0.2) is 47.8 Å². The average Bonchev–Trinajstić information content (AvgIpc) is 3.01. The molecule has 136 valence electrons. The molecular formula is C17H19F3N2O3. The number of carbonyl (C=O) groups excluding carboxylic acids is 1. The Bertz CT molecular complexity index is 644.